The van der Waals surface area contributed by atoms with Crippen molar-refractivity contribution < 1.29 is 0 Å². The minimum atomic E-state index is 0.567. The Morgan fingerprint density at radius 2 is 2.25 bits per heavy atom. The lowest BCUT2D eigenvalue weighted by Gasteiger charge is -2.17. The maximum atomic E-state index is 3.26. The summed E-state index contributed by atoms with van der Waals surface area (Å²) in [4.78, 5) is 0. The minimum Gasteiger partial charge on any atom is -0.316 e. The molecule has 1 heterocycles. The Balaban J connectivity index is 2.41. The highest BCUT2D eigenvalue weighted by atomic mass is 32.2. The molecule has 0 aliphatic heterocycles. The van der Waals surface area contributed by atoms with Gasteiger partial charge in [0, 0.05) is 11.3 Å². The minimum absolute atomic E-state index is 0.567. The fourth-order valence-electron chi connectivity index (χ4n) is 0.851. The van der Waals surface area contributed by atoms with E-state index in [1.807, 2.05) is 30.1 Å². The molecule has 1 aromatic rings. The first-order valence-electron chi connectivity index (χ1n) is 4.11. The third kappa shape index (κ3) is 2.81. The van der Waals surface area contributed by atoms with Crippen LogP contribution in [-0.2, 0) is 0 Å². The molecule has 1 aromatic heterocycles. The molecule has 1 rings (SSSR count). The van der Waals surface area contributed by atoms with E-state index in [0.29, 0.717) is 11.3 Å². The Kier molecular flexibility index (Phi) is 4.12. The first-order chi connectivity index (χ1) is 5.74. The summed E-state index contributed by atoms with van der Waals surface area (Å²) >= 11 is 3.75. The largest absolute Gasteiger partial charge is 0.316 e. The van der Waals surface area contributed by atoms with Crippen molar-refractivity contribution in [2.75, 3.05) is 7.05 Å². The molecule has 0 aromatic carbocycles. The van der Waals surface area contributed by atoms with Gasteiger partial charge in [0.1, 0.15) is 0 Å². The number of hydrogen-bond acceptors (Lipinski definition) is 3. The molecule has 0 aliphatic carbocycles. The van der Waals surface area contributed by atoms with Gasteiger partial charge in [-0.2, -0.15) is 0 Å². The first kappa shape index (κ1) is 10.1. The van der Waals surface area contributed by atoms with Crippen LogP contribution in [0.5, 0.6) is 0 Å². The monoisotopic (exact) mass is 201 g/mol. The second-order valence-corrected chi connectivity index (χ2v) is 5.46. The van der Waals surface area contributed by atoms with Gasteiger partial charge in [-0.25, -0.2) is 0 Å². The van der Waals surface area contributed by atoms with Crippen LogP contribution in [0.1, 0.15) is 13.8 Å². The summed E-state index contributed by atoms with van der Waals surface area (Å²) in [6.07, 6.45) is 0. The molecule has 12 heavy (non-hydrogen) atoms. The maximum absolute atomic E-state index is 3.26. The lowest BCUT2D eigenvalue weighted by Crippen LogP contribution is -2.30. The van der Waals surface area contributed by atoms with Gasteiger partial charge in [-0.05, 0) is 25.4 Å². The van der Waals surface area contributed by atoms with Crippen molar-refractivity contribution in [3.63, 3.8) is 0 Å². The predicted molar refractivity (Wildman–Crippen MR) is 58.2 cm³/mol. The summed E-state index contributed by atoms with van der Waals surface area (Å²) < 4.78 is 1.41. The molecule has 0 amide bonds. The van der Waals surface area contributed by atoms with E-state index in [-0.39, 0.29) is 0 Å². The van der Waals surface area contributed by atoms with Crippen molar-refractivity contribution in [3.8, 4) is 0 Å². The summed E-state index contributed by atoms with van der Waals surface area (Å²) in [6, 6.07) is 4.84. The predicted octanol–water partition coefficient (Wildman–Crippen LogP) is 2.84. The van der Waals surface area contributed by atoms with Gasteiger partial charge >= 0.3 is 0 Å². The van der Waals surface area contributed by atoms with Crippen LogP contribution in [0.2, 0.25) is 0 Å². The van der Waals surface area contributed by atoms with E-state index in [9.17, 15) is 0 Å². The Hall–Kier alpha value is 0.01000. The standard InChI is InChI=1S/C9H15NS2/c1-7(10-3)8(2)12-9-5-4-6-11-9/h4-8,10H,1-3H3. The van der Waals surface area contributed by atoms with E-state index in [2.05, 4.69) is 36.7 Å². The van der Waals surface area contributed by atoms with Gasteiger partial charge in [0.15, 0.2) is 0 Å². The molecule has 0 radical (unpaired) electrons. The Labute approximate surface area is 82.6 Å². The van der Waals surface area contributed by atoms with Crippen molar-refractivity contribution in [1.29, 1.82) is 0 Å². The van der Waals surface area contributed by atoms with Crippen molar-refractivity contribution >= 4 is 23.1 Å². The van der Waals surface area contributed by atoms with Crippen LogP contribution >= 0.6 is 23.1 Å². The van der Waals surface area contributed by atoms with Gasteiger partial charge in [0.2, 0.25) is 0 Å². The second kappa shape index (κ2) is 4.90. The SMILES string of the molecule is CNC(C)C(C)Sc1cccs1. The normalized spacial score (nSPS) is 15.9. The van der Waals surface area contributed by atoms with E-state index in [0.717, 1.165) is 0 Å². The van der Waals surface area contributed by atoms with Crippen molar-refractivity contribution in [3.05, 3.63) is 17.5 Å². The average molecular weight is 201 g/mol. The molecule has 68 valence electrons. The number of rotatable bonds is 4. The van der Waals surface area contributed by atoms with Crippen molar-refractivity contribution in [2.45, 2.75) is 29.3 Å². The van der Waals surface area contributed by atoms with Gasteiger partial charge in [0.05, 0.1) is 4.21 Å². The molecular formula is C9H15NS2. The highest BCUT2D eigenvalue weighted by Gasteiger charge is 2.11. The average Bonchev–Trinajstić information content (AvgIpc) is 2.55. The van der Waals surface area contributed by atoms with E-state index in [1.165, 1.54) is 4.21 Å². The molecule has 2 atom stereocenters. The lowest BCUT2D eigenvalue weighted by molar-refractivity contribution is 0.606. The van der Waals surface area contributed by atoms with Gasteiger partial charge in [-0.15, -0.1) is 23.1 Å². The zero-order chi connectivity index (χ0) is 8.97. The molecule has 0 aliphatic rings. The molecular weight excluding hydrogens is 186 g/mol. The lowest BCUT2D eigenvalue weighted by atomic mass is 10.3. The van der Waals surface area contributed by atoms with E-state index in [1.54, 1.807) is 0 Å². The summed E-state index contributed by atoms with van der Waals surface area (Å²) in [5.41, 5.74) is 0. The molecule has 0 saturated carbocycles. The van der Waals surface area contributed by atoms with E-state index in [4.69, 9.17) is 0 Å². The van der Waals surface area contributed by atoms with E-state index < -0.39 is 0 Å². The van der Waals surface area contributed by atoms with Gasteiger partial charge in [-0.3, -0.25) is 0 Å². The van der Waals surface area contributed by atoms with Crippen LogP contribution in [0.4, 0.5) is 0 Å². The third-order valence-corrected chi connectivity index (χ3v) is 4.34. The van der Waals surface area contributed by atoms with Crippen molar-refractivity contribution in [2.24, 2.45) is 0 Å². The summed E-state index contributed by atoms with van der Waals surface area (Å²) in [5.74, 6) is 0. The molecule has 0 saturated heterocycles. The molecule has 3 heteroatoms. The number of thiophene rings is 1. The van der Waals surface area contributed by atoms with Gasteiger partial charge < -0.3 is 5.32 Å². The molecule has 1 nitrogen and oxygen atoms in total. The molecule has 0 spiro atoms. The first-order valence-corrected chi connectivity index (χ1v) is 5.87. The smallest absolute Gasteiger partial charge is 0.0601 e. The second-order valence-electron chi connectivity index (χ2n) is 2.83. The fourth-order valence-corrected chi connectivity index (χ4v) is 3.01. The van der Waals surface area contributed by atoms with Crippen LogP contribution in [0.3, 0.4) is 0 Å². The van der Waals surface area contributed by atoms with Crippen LogP contribution in [0.15, 0.2) is 21.7 Å². The van der Waals surface area contributed by atoms with Gasteiger partial charge in [-0.1, -0.05) is 13.0 Å². The third-order valence-electron chi connectivity index (χ3n) is 1.96. The summed E-state index contributed by atoms with van der Waals surface area (Å²) in [6.45, 7) is 4.47. The van der Waals surface area contributed by atoms with Crippen molar-refractivity contribution in [1.82, 2.24) is 5.32 Å². The zero-order valence-corrected chi connectivity index (χ0v) is 9.34. The molecule has 1 N–H and O–H groups in total. The highest BCUT2D eigenvalue weighted by Crippen LogP contribution is 2.28. The maximum Gasteiger partial charge on any atom is 0.0601 e. The van der Waals surface area contributed by atoms with Crippen LogP contribution < -0.4 is 5.32 Å². The summed E-state index contributed by atoms with van der Waals surface area (Å²) in [5, 5.41) is 6.02. The zero-order valence-electron chi connectivity index (χ0n) is 7.70. The van der Waals surface area contributed by atoms with E-state index >= 15 is 0 Å². The van der Waals surface area contributed by atoms with Crippen LogP contribution in [-0.4, -0.2) is 18.3 Å². The Bertz CT molecular complexity index is 208. The van der Waals surface area contributed by atoms with Crippen LogP contribution in [0, 0.1) is 0 Å². The highest BCUT2D eigenvalue weighted by molar-refractivity contribution is 8.01. The summed E-state index contributed by atoms with van der Waals surface area (Å²) in [7, 11) is 2.01. The number of nitrogens with one attached hydrogen (secondary N) is 1. The Morgan fingerprint density at radius 1 is 1.50 bits per heavy atom. The molecule has 0 fully saturated rings. The quantitative estimate of drug-likeness (QED) is 0.752. The number of hydrogen-bond donors (Lipinski definition) is 1. The van der Waals surface area contributed by atoms with Gasteiger partial charge in [0.25, 0.3) is 0 Å². The molecule has 0 bridgehead atoms. The molecule has 2 unspecified atom stereocenters. The van der Waals surface area contributed by atoms with Crippen LogP contribution in [0.25, 0.3) is 0 Å². The Morgan fingerprint density at radius 3 is 2.75 bits per heavy atom. The topological polar surface area (TPSA) is 12.0 Å². The fraction of sp³-hybridized carbons (Fsp3) is 0.556. The number of thioether (sulfide) groups is 1.